The minimum absolute atomic E-state index is 0. The van der Waals surface area contributed by atoms with Crippen LogP contribution in [0.25, 0.3) is 0 Å². The van der Waals surface area contributed by atoms with Gasteiger partial charge in [-0.15, -0.1) is 0 Å². The van der Waals surface area contributed by atoms with Gasteiger partial charge in [-0.3, -0.25) is 14.4 Å². The first-order chi connectivity index (χ1) is 17.8. The van der Waals surface area contributed by atoms with Crippen molar-refractivity contribution in [2.24, 2.45) is 11.5 Å². The van der Waals surface area contributed by atoms with Gasteiger partial charge in [0.25, 0.3) is 5.91 Å². The maximum atomic E-state index is 14.6. The number of hydrogen-bond acceptors (Lipinski definition) is 7. The molecule has 6 N–H and O–H groups in total. The molecule has 0 radical (unpaired) electrons. The van der Waals surface area contributed by atoms with Gasteiger partial charge in [0.2, 0.25) is 11.8 Å². The molecule has 1 fully saturated rings. The molecule has 206 valence electrons. The highest BCUT2D eigenvalue weighted by atomic mass is 19.1. The zero-order chi connectivity index (χ0) is 26.8. The average molecular weight is 529 g/mol. The van der Waals surface area contributed by atoms with Crippen LogP contribution >= 0.6 is 0 Å². The summed E-state index contributed by atoms with van der Waals surface area (Å²) in [6.07, 6.45) is 0.0946. The van der Waals surface area contributed by atoms with E-state index in [9.17, 15) is 18.8 Å². The molecule has 2 aromatic rings. The Morgan fingerprint density at radius 2 is 1.63 bits per heavy atom. The van der Waals surface area contributed by atoms with Gasteiger partial charge in [-0.05, 0) is 23.8 Å². The van der Waals surface area contributed by atoms with E-state index >= 15 is 0 Å². The number of rotatable bonds is 12. The second kappa shape index (κ2) is 14.9. The summed E-state index contributed by atoms with van der Waals surface area (Å²) in [6.45, 7) is 3.37. The summed E-state index contributed by atoms with van der Waals surface area (Å²) >= 11 is 0. The van der Waals surface area contributed by atoms with E-state index in [0.29, 0.717) is 50.5 Å². The number of amides is 3. The Kier molecular flexibility index (Phi) is 12.0. The van der Waals surface area contributed by atoms with Gasteiger partial charge in [-0.2, -0.15) is 0 Å². The summed E-state index contributed by atoms with van der Waals surface area (Å²) in [5.41, 5.74) is 12.0. The first-order valence-electron chi connectivity index (χ1n) is 12.1. The Morgan fingerprint density at radius 3 is 2.29 bits per heavy atom. The van der Waals surface area contributed by atoms with Crippen LogP contribution in [0.5, 0.6) is 0 Å². The van der Waals surface area contributed by atoms with E-state index in [1.165, 1.54) is 23.1 Å². The number of halogens is 1. The maximum Gasteiger partial charge on any atom is 0.256 e. The van der Waals surface area contributed by atoms with Crippen molar-refractivity contribution in [2.75, 3.05) is 59.0 Å². The van der Waals surface area contributed by atoms with E-state index in [2.05, 4.69) is 5.32 Å². The molecule has 0 unspecified atom stereocenters. The number of nitrogens with zero attached hydrogens (tertiary/aromatic N) is 2. The van der Waals surface area contributed by atoms with Crippen LogP contribution < -0.4 is 16.8 Å². The molecule has 38 heavy (non-hydrogen) atoms. The van der Waals surface area contributed by atoms with E-state index in [0.717, 1.165) is 0 Å². The van der Waals surface area contributed by atoms with Crippen molar-refractivity contribution in [3.8, 4) is 0 Å². The minimum atomic E-state index is -0.655. The number of benzene rings is 2. The summed E-state index contributed by atoms with van der Waals surface area (Å²) in [5.74, 6) is -1.84. The van der Waals surface area contributed by atoms with Crippen molar-refractivity contribution >= 4 is 23.4 Å². The Balaban J connectivity index is 0.00000507. The normalized spacial score (nSPS) is 13.1. The van der Waals surface area contributed by atoms with Crippen molar-refractivity contribution in [3.63, 3.8) is 0 Å². The van der Waals surface area contributed by atoms with Crippen molar-refractivity contribution in [1.29, 1.82) is 5.41 Å². The summed E-state index contributed by atoms with van der Waals surface area (Å²) in [4.78, 5) is 40.4. The fraction of sp³-hybridized carbons (Fsp3) is 0.407. The lowest BCUT2D eigenvalue weighted by Crippen LogP contribution is -2.52. The minimum Gasteiger partial charge on any atom is -0.379 e. The molecule has 1 aliphatic rings. The van der Waals surface area contributed by atoms with Crippen molar-refractivity contribution in [3.05, 3.63) is 70.5 Å². The third kappa shape index (κ3) is 8.17. The predicted octanol–water partition coefficient (Wildman–Crippen LogP) is 1.02. The number of carbonyl (C=O) groups is 3. The average Bonchev–Trinajstić information content (AvgIpc) is 2.91. The van der Waals surface area contributed by atoms with Crippen LogP contribution in [0.2, 0.25) is 0 Å². The van der Waals surface area contributed by atoms with E-state index in [1.54, 1.807) is 29.2 Å². The second-order valence-electron chi connectivity index (χ2n) is 8.63. The van der Waals surface area contributed by atoms with Crippen molar-refractivity contribution in [1.82, 2.24) is 15.1 Å². The number of primary amides is 1. The lowest BCUT2D eigenvalue weighted by Gasteiger charge is -2.35. The van der Waals surface area contributed by atoms with Crippen LogP contribution in [0.3, 0.4) is 0 Å². The van der Waals surface area contributed by atoms with Gasteiger partial charge in [0.1, 0.15) is 5.82 Å². The molecule has 0 bridgehead atoms. The van der Waals surface area contributed by atoms with E-state index in [1.807, 2.05) is 0 Å². The van der Waals surface area contributed by atoms with Crippen LogP contribution in [0, 0.1) is 11.2 Å². The molecule has 3 amide bonds. The number of carbonyl (C=O) groups excluding carboxylic acids is 3. The molecule has 0 atom stereocenters. The molecule has 0 aliphatic carbocycles. The van der Waals surface area contributed by atoms with Crippen molar-refractivity contribution < 1.29 is 23.5 Å². The van der Waals surface area contributed by atoms with Crippen LogP contribution in [0.4, 0.5) is 4.39 Å². The number of nitrogens with one attached hydrogen (secondary N) is 2. The van der Waals surface area contributed by atoms with Gasteiger partial charge >= 0.3 is 0 Å². The Hall–Kier alpha value is -3.67. The molecular formula is C27H37FN6O4. The fourth-order valence-corrected chi connectivity index (χ4v) is 4.07. The van der Waals surface area contributed by atoms with Crippen LogP contribution in [0.15, 0.2) is 42.5 Å². The topological polar surface area (TPSA) is 155 Å². The van der Waals surface area contributed by atoms with Crippen LogP contribution in [0.1, 0.15) is 39.3 Å². The molecule has 3 rings (SSSR count). The molecule has 10 nitrogen and oxygen atoms in total. The van der Waals surface area contributed by atoms with E-state index in [-0.39, 0.29) is 56.2 Å². The van der Waals surface area contributed by atoms with E-state index < -0.39 is 17.6 Å². The first-order valence-corrected chi connectivity index (χ1v) is 12.1. The molecule has 0 saturated carbocycles. The monoisotopic (exact) mass is 528 g/mol. The third-order valence-corrected chi connectivity index (χ3v) is 6.04. The van der Waals surface area contributed by atoms with Gasteiger partial charge in [-0.1, -0.05) is 31.7 Å². The van der Waals surface area contributed by atoms with E-state index in [4.69, 9.17) is 21.6 Å². The Labute approximate surface area is 222 Å². The lowest BCUT2D eigenvalue weighted by molar-refractivity contribution is -0.131. The highest BCUT2D eigenvalue weighted by molar-refractivity contribution is 6.09. The highest BCUT2D eigenvalue weighted by Gasteiger charge is 2.26. The van der Waals surface area contributed by atoms with Crippen molar-refractivity contribution in [2.45, 2.75) is 13.8 Å². The summed E-state index contributed by atoms with van der Waals surface area (Å²) in [7, 11) is 0. The number of piperazine rings is 1. The summed E-state index contributed by atoms with van der Waals surface area (Å²) < 4.78 is 19.9. The molecule has 1 aliphatic heterocycles. The third-order valence-electron chi connectivity index (χ3n) is 6.04. The zero-order valence-corrected chi connectivity index (χ0v) is 20.7. The van der Waals surface area contributed by atoms with Gasteiger partial charge in [0.05, 0.1) is 25.3 Å². The second-order valence-corrected chi connectivity index (χ2v) is 8.63. The molecule has 11 heteroatoms. The predicted molar refractivity (Wildman–Crippen MR) is 144 cm³/mol. The van der Waals surface area contributed by atoms with Gasteiger partial charge in [-0.25, -0.2) is 4.39 Å². The molecule has 1 saturated heterocycles. The molecule has 2 aromatic carbocycles. The van der Waals surface area contributed by atoms with Crippen LogP contribution in [-0.2, 0) is 16.0 Å². The van der Waals surface area contributed by atoms with Crippen LogP contribution in [-0.4, -0.2) is 92.3 Å². The largest absolute Gasteiger partial charge is 0.379 e. The van der Waals surface area contributed by atoms with Gasteiger partial charge in [0.15, 0.2) is 0 Å². The van der Waals surface area contributed by atoms with Gasteiger partial charge in [0, 0.05) is 62.5 Å². The fourth-order valence-electron chi connectivity index (χ4n) is 4.07. The standard InChI is InChI=1S/C26H33FN6O4.CH4/c27-22-6-5-18(16-23(29)19-3-1-2-4-20(19)25(30)35)15-21(22)26(36)33-11-9-32(10-12-33)24(34)17-31-8-14-37-13-7-28;/h1-6,15,29,31H,7-14,16-17,28H2,(H2,30,35);1H4. The molecule has 0 aromatic heterocycles. The number of nitrogens with two attached hydrogens (primary N) is 2. The van der Waals surface area contributed by atoms with Gasteiger partial charge < -0.3 is 36.7 Å². The number of hydrogen-bond donors (Lipinski definition) is 4. The zero-order valence-electron chi connectivity index (χ0n) is 20.7. The maximum absolute atomic E-state index is 14.6. The highest BCUT2D eigenvalue weighted by Crippen LogP contribution is 2.18. The number of ether oxygens (including phenoxy) is 1. The first kappa shape index (κ1) is 30.6. The Morgan fingerprint density at radius 1 is 0.974 bits per heavy atom. The Bertz CT molecular complexity index is 1130. The quantitative estimate of drug-likeness (QED) is 0.238. The molecule has 1 heterocycles. The summed E-state index contributed by atoms with van der Waals surface area (Å²) in [6, 6.07) is 10.7. The summed E-state index contributed by atoms with van der Waals surface area (Å²) in [5, 5.41) is 11.5. The molecular weight excluding hydrogens is 491 g/mol. The lowest BCUT2D eigenvalue weighted by atomic mass is 9.96. The smallest absolute Gasteiger partial charge is 0.256 e. The molecule has 0 spiro atoms. The SMILES string of the molecule is C.N=C(Cc1ccc(F)c(C(=O)N2CCN(C(=O)CNCCOCCN)CC2)c1)c1ccccc1C(N)=O.